The first-order valence-electron chi connectivity index (χ1n) is 8.07. The second-order valence-electron chi connectivity index (χ2n) is 5.94. The molecule has 7 nitrogen and oxygen atoms in total. The molecule has 0 spiro atoms. The SMILES string of the molecule is COc1ccc(-c2ccnc3c(C(=O)NC4CC4)cnn23)cc1OC. The summed E-state index contributed by atoms with van der Waals surface area (Å²) in [6, 6.07) is 7.77. The summed E-state index contributed by atoms with van der Waals surface area (Å²) in [5.74, 6) is 1.15. The van der Waals surface area contributed by atoms with Crippen LogP contribution in [-0.4, -0.2) is 40.8 Å². The van der Waals surface area contributed by atoms with Crippen molar-refractivity contribution in [2.75, 3.05) is 14.2 Å². The molecule has 1 N–H and O–H groups in total. The fourth-order valence-corrected chi connectivity index (χ4v) is 2.76. The van der Waals surface area contributed by atoms with E-state index in [0.717, 1.165) is 24.1 Å². The van der Waals surface area contributed by atoms with Crippen LogP contribution in [0.15, 0.2) is 36.7 Å². The van der Waals surface area contributed by atoms with E-state index in [9.17, 15) is 4.79 Å². The van der Waals surface area contributed by atoms with E-state index in [0.29, 0.717) is 22.7 Å². The van der Waals surface area contributed by atoms with Gasteiger partial charge in [0.25, 0.3) is 5.91 Å². The number of hydrogen-bond donors (Lipinski definition) is 1. The van der Waals surface area contributed by atoms with E-state index < -0.39 is 0 Å². The van der Waals surface area contributed by atoms with Crippen LogP contribution < -0.4 is 14.8 Å². The Kier molecular flexibility index (Phi) is 3.76. The van der Waals surface area contributed by atoms with Crippen molar-refractivity contribution in [1.82, 2.24) is 19.9 Å². The predicted molar refractivity (Wildman–Crippen MR) is 92.0 cm³/mol. The van der Waals surface area contributed by atoms with Crippen molar-refractivity contribution < 1.29 is 14.3 Å². The van der Waals surface area contributed by atoms with Gasteiger partial charge in [-0.25, -0.2) is 9.50 Å². The van der Waals surface area contributed by atoms with Crippen molar-refractivity contribution in [2.45, 2.75) is 18.9 Å². The molecule has 1 fully saturated rings. The predicted octanol–water partition coefficient (Wildman–Crippen LogP) is 2.31. The number of amides is 1. The molecule has 0 radical (unpaired) electrons. The summed E-state index contributed by atoms with van der Waals surface area (Å²) in [6.07, 6.45) is 5.31. The molecule has 0 saturated heterocycles. The Balaban J connectivity index is 1.78. The molecule has 7 heteroatoms. The van der Waals surface area contributed by atoms with Crippen LogP contribution in [0.1, 0.15) is 23.2 Å². The zero-order valence-corrected chi connectivity index (χ0v) is 14.0. The van der Waals surface area contributed by atoms with Gasteiger partial charge >= 0.3 is 0 Å². The van der Waals surface area contributed by atoms with Crippen molar-refractivity contribution in [3.05, 3.63) is 42.2 Å². The number of hydrogen-bond acceptors (Lipinski definition) is 5. The van der Waals surface area contributed by atoms with E-state index in [1.165, 1.54) is 0 Å². The van der Waals surface area contributed by atoms with Crippen LogP contribution in [0.4, 0.5) is 0 Å². The smallest absolute Gasteiger partial charge is 0.256 e. The normalized spacial score (nSPS) is 13.7. The third kappa shape index (κ3) is 2.77. The van der Waals surface area contributed by atoms with Gasteiger partial charge in [0.2, 0.25) is 0 Å². The molecule has 2 heterocycles. The quantitative estimate of drug-likeness (QED) is 0.772. The highest BCUT2D eigenvalue weighted by molar-refractivity contribution is 6.00. The summed E-state index contributed by atoms with van der Waals surface area (Å²) >= 11 is 0. The molecule has 0 atom stereocenters. The number of rotatable bonds is 5. The van der Waals surface area contributed by atoms with Crippen LogP contribution in [0.2, 0.25) is 0 Å². The van der Waals surface area contributed by atoms with Gasteiger partial charge < -0.3 is 14.8 Å². The molecule has 0 aliphatic heterocycles. The Morgan fingerprint density at radius 2 is 2.00 bits per heavy atom. The van der Waals surface area contributed by atoms with Crippen LogP contribution in [0.25, 0.3) is 16.9 Å². The van der Waals surface area contributed by atoms with E-state index in [1.54, 1.807) is 31.1 Å². The molecule has 1 aliphatic carbocycles. The monoisotopic (exact) mass is 338 g/mol. The number of nitrogens with one attached hydrogen (secondary N) is 1. The zero-order valence-electron chi connectivity index (χ0n) is 14.0. The van der Waals surface area contributed by atoms with Crippen LogP contribution in [-0.2, 0) is 0 Å². The maximum Gasteiger partial charge on any atom is 0.256 e. The molecule has 2 aromatic heterocycles. The fourth-order valence-electron chi connectivity index (χ4n) is 2.76. The first-order valence-corrected chi connectivity index (χ1v) is 8.07. The molecule has 1 aromatic carbocycles. The average molecular weight is 338 g/mol. The van der Waals surface area contributed by atoms with Gasteiger partial charge in [0.15, 0.2) is 17.1 Å². The van der Waals surface area contributed by atoms with Gasteiger partial charge in [-0.05, 0) is 37.1 Å². The fraction of sp³-hybridized carbons (Fsp3) is 0.278. The number of carbonyl (C=O) groups is 1. The largest absolute Gasteiger partial charge is 0.493 e. The molecule has 25 heavy (non-hydrogen) atoms. The van der Waals surface area contributed by atoms with Gasteiger partial charge in [-0.1, -0.05) is 0 Å². The maximum absolute atomic E-state index is 12.4. The Hall–Kier alpha value is -3.09. The number of benzene rings is 1. The van der Waals surface area contributed by atoms with Gasteiger partial charge in [-0.3, -0.25) is 4.79 Å². The first kappa shape index (κ1) is 15.4. The molecule has 4 rings (SSSR count). The van der Waals surface area contributed by atoms with Gasteiger partial charge in [0.1, 0.15) is 5.56 Å². The van der Waals surface area contributed by atoms with E-state index >= 15 is 0 Å². The molecule has 1 amide bonds. The Labute approximate surface area is 144 Å². The second kappa shape index (κ2) is 6.08. The van der Waals surface area contributed by atoms with Gasteiger partial charge in [0, 0.05) is 17.8 Å². The van der Waals surface area contributed by atoms with Crippen LogP contribution in [0.5, 0.6) is 11.5 Å². The molecule has 3 aromatic rings. The topological polar surface area (TPSA) is 77.8 Å². The summed E-state index contributed by atoms with van der Waals surface area (Å²) in [6.45, 7) is 0. The maximum atomic E-state index is 12.4. The van der Waals surface area contributed by atoms with E-state index in [-0.39, 0.29) is 11.9 Å². The second-order valence-corrected chi connectivity index (χ2v) is 5.94. The third-order valence-corrected chi connectivity index (χ3v) is 4.24. The van der Waals surface area contributed by atoms with E-state index in [1.807, 2.05) is 24.3 Å². The summed E-state index contributed by atoms with van der Waals surface area (Å²) in [5.41, 5.74) is 2.72. The minimum Gasteiger partial charge on any atom is -0.493 e. The number of ether oxygens (including phenoxy) is 2. The molecule has 1 aliphatic rings. The number of fused-ring (bicyclic) bond motifs is 1. The average Bonchev–Trinajstić information content (AvgIpc) is 3.35. The van der Waals surface area contributed by atoms with Gasteiger partial charge in [0.05, 0.1) is 26.1 Å². The first-order chi connectivity index (χ1) is 12.2. The Bertz CT molecular complexity index is 947. The van der Waals surface area contributed by atoms with E-state index in [2.05, 4.69) is 15.4 Å². The van der Waals surface area contributed by atoms with Crippen LogP contribution in [0.3, 0.4) is 0 Å². The van der Waals surface area contributed by atoms with Gasteiger partial charge in [-0.15, -0.1) is 0 Å². The summed E-state index contributed by atoms with van der Waals surface area (Å²) in [5, 5.41) is 7.34. The lowest BCUT2D eigenvalue weighted by Crippen LogP contribution is -2.25. The summed E-state index contributed by atoms with van der Waals surface area (Å²) in [7, 11) is 3.19. The molecular weight excluding hydrogens is 320 g/mol. The lowest BCUT2D eigenvalue weighted by atomic mass is 10.1. The molecular formula is C18H18N4O3. The van der Waals surface area contributed by atoms with E-state index in [4.69, 9.17) is 9.47 Å². The lowest BCUT2D eigenvalue weighted by Gasteiger charge is -2.10. The van der Waals surface area contributed by atoms with Crippen LogP contribution >= 0.6 is 0 Å². The Morgan fingerprint density at radius 1 is 1.20 bits per heavy atom. The van der Waals surface area contributed by atoms with Crippen molar-refractivity contribution >= 4 is 11.6 Å². The highest BCUT2D eigenvalue weighted by Gasteiger charge is 2.26. The molecule has 0 bridgehead atoms. The Morgan fingerprint density at radius 3 is 2.72 bits per heavy atom. The van der Waals surface area contributed by atoms with Crippen molar-refractivity contribution in [1.29, 1.82) is 0 Å². The zero-order chi connectivity index (χ0) is 17.4. The number of carbonyl (C=O) groups excluding carboxylic acids is 1. The lowest BCUT2D eigenvalue weighted by molar-refractivity contribution is 0.0952. The highest BCUT2D eigenvalue weighted by atomic mass is 16.5. The standard InChI is InChI=1S/C18H18N4O3/c1-24-15-6-3-11(9-16(15)25-2)14-7-8-19-17-13(10-20-22(14)17)18(23)21-12-4-5-12/h3,6-10,12H,4-5H2,1-2H3,(H,21,23). The minimum absolute atomic E-state index is 0.130. The third-order valence-electron chi connectivity index (χ3n) is 4.24. The molecule has 0 unspecified atom stereocenters. The molecule has 1 saturated carbocycles. The summed E-state index contributed by atoms with van der Waals surface area (Å²) in [4.78, 5) is 16.7. The summed E-state index contributed by atoms with van der Waals surface area (Å²) < 4.78 is 12.3. The van der Waals surface area contributed by atoms with Crippen molar-refractivity contribution in [2.24, 2.45) is 0 Å². The number of nitrogens with zero attached hydrogens (tertiary/aromatic N) is 3. The van der Waals surface area contributed by atoms with Crippen molar-refractivity contribution in [3.63, 3.8) is 0 Å². The van der Waals surface area contributed by atoms with Crippen LogP contribution in [0, 0.1) is 0 Å². The minimum atomic E-state index is -0.130. The molecule has 128 valence electrons. The van der Waals surface area contributed by atoms with Gasteiger partial charge in [-0.2, -0.15) is 5.10 Å². The highest BCUT2D eigenvalue weighted by Crippen LogP contribution is 2.32. The number of methoxy groups -OCH3 is 2. The number of aromatic nitrogens is 3. The van der Waals surface area contributed by atoms with Crippen molar-refractivity contribution in [3.8, 4) is 22.8 Å².